The molecular formula is C20H25N3O4. The monoisotopic (exact) mass is 371 g/mol. The summed E-state index contributed by atoms with van der Waals surface area (Å²) in [6.45, 7) is 3.55. The minimum Gasteiger partial charge on any atom is -0.481 e. The van der Waals surface area contributed by atoms with Gasteiger partial charge in [0.25, 0.3) is 0 Å². The van der Waals surface area contributed by atoms with E-state index in [2.05, 4.69) is 15.6 Å². The van der Waals surface area contributed by atoms with Crippen molar-refractivity contribution in [2.24, 2.45) is 11.8 Å². The number of aromatic nitrogens is 1. The lowest BCUT2D eigenvalue weighted by molar-refractivity contribution is -0.146. The number of carbonyl (C=O) groups is 3. The number of hydrogen-bond donors (Lipinski definition) is 4. The Morgan fingerprint density at radius 2 is 1.89 bits per heavy atom. The molecule has 0 bridgehead atoms. The van der Waals surface area contributed by atoms with Crippen molar-refractivity contribution in [1.29, 1.82) is 0 Å². The number of H-pyrrole nitrogens is 1. The standard InChI is InChI=1S/C20H25N3O4/c1-11(2)18(24)23-17(19(25)22-14-7-12(8-14)20(26)27)9-13-10-21-16-6-4-3-5-15(13)16/h3-6,10-12,14,17,21H,7-9H2,1-2H3,(H,22,25)(H,23,24)(H,26,27). The van der Waals surface area contributed by atoms with Gasteiger partial charge >= 0.3 is 5.97 Å². The highest BCUT2D eigenvalue weighted by Gasteiger charge is 2.36. The zero-order valence-corrected chi connectivity index (χ0v) is 15.5. The molecule has 4 N–H and O–H groups in total. The molecule has 27 heavy (non-hydrogen) atoms. The molecule has 1 aliphatic rings. The number of aromatic amines is 1. The number of amides is 2. The van der Waals surface area contributed by atoms with E-state index in [0.29, 0.717) is 19.3 Å². The van der Waals surface area contributed by atoms with E-state index in [1.165, 1.54) is 0 Å². The molecule has 1 atom stereocenters. The normalized spacial score (nSPS) is 20.1. The van der Waals surface area contributed by atoms with E-state index in [-0.39, 0.29) is 23.8 Å². The minimum absolute atomic E-state index is 0.153. The fourth-order valence-corrected chi connectivity index (χ4v) is 3.31. The fraction of sp³-hybridized carbons (Fsp3) is 0.450. The third kappa shape index (κ3) is 4.30. The zero-order valence-electron chi connectivity index (χ0n) is 15.5. The average molecular weight is 371 g/mol. The summed E-state index contributed by atoms with van der Waals surface area (Å²) in [7, 11) is 0. The van der Waals surface area contributed by atoms with Crippen LogP contribution in [0.25, 0.3) is 10.9 Å². The number of aliphatic carboxylic acids is 1. The Bertz CT molecular complexity index is 852. The summed E-state index contributed by atoms with van der Waals surface area (Å²) < 4.78 is 0. The highest BCUT2D eigenvalue weighted by atomic mass is 16.4. The molecule has 1 fully saturated rings. The Morgan fingerprint density at radius 3 is 2.56 bits per heavy atom. The molecule has 1 saturated carbocycles. The van der Waals surface area contributed by atoms with Crippen LogP contribution >= 0.6 is 0 Å². The SMILES string of the molecule is CC(C)C(=O)NC(Cc1c[nH]c2ccccc12)C(=O)NC1CC(C(=O)O)C1. The van der Waals surface area contributed by atoms with Crippen molar-refractivity contribution in [2.75, 3.05) is 0 Å². The van der Waals surface area contributed by atoms with E-state index in [9.17, 15) is 14.4 Å². The highest BCUT2D eigenvalue weighted by molar-refractivity contribution is 5.90. The first-order chi connectivity index (χ1) is 12.8. The van der Waals surface area contributed by atoms with Crippen LogP contribution in [0.3, 0.4) is 0 Å². The van der Waals surface area contributed by atoms with Crippen LogP contribution in [0.4, 0.5) is 0 Å². The van der Waals surface area contributed by atoms with E-state index < -0.39 is 17.9 Å². The second-order valence-electron chi connectivity index (χ2n) is 7.49. The van der Waals surface area contributed by atoms with Crippen LogP contribution in [0.2, 0.25) is 0 Å². The van der Waals surface area contributed by atoms with Gasteiger partial charge in [-0.15, -0.1) is 0 Å². The number of carbonyl (C=O) groups excluding carboxylic acids is 2. The van der Waals surface area contributed by atoms with Gasteiger partial charge in [0.15, 0.2) is 0 Å². The van der Waals surface area contributed by atoms with Crippen LogP contribution in [-0.4, -0.2) is 40.0 Å². The van der Waals surface area contributed by atoms with Gasteiger partial charge in [-0.2, -0.15) is 0 Å². The van der Waals surface area contributed by atoms with Crippen molar-refractivity contribution in [2.45, 2.75) is 45.2 Å². The zero-order chi connectivity index (χ0) is 19.6. The Balaban J connectivity index is 1.71. The largest absolute Gasteiger partial charge is 0.481 e. The van der Waals surface area contributed by atoms with Gasteiger partial charge in [0.2, 0.25) is 11.8 Å². The van der Waals surface area contributed by atoms with Gasteiger partial charge in [0, 0.05) is 35.5 Å². The molecule has 7 heteroatoms. The highest BCUT2D eigenvalue weighted by Crippen LogP contribution is 2.27. The Kier molecular flexibility index (Phi) is 5.48. The van der Waals surface area contributed by atoms with Gasteiger partial charge in [0.1, 0.15) is 6.04 Å². The predicted octanol–water partition coefficient (Wildman–Crippen LogP) is 1.83. The number of carboxylic acids is 1. The summed E-state index contributed by atoms with van der Waals surface area (Å²) in [5.74, 6) is -1.92. The molecule has 3 rings (SSSR count). The molecule has 2 aromatic rings. The van der Waals surface area contributed by atoms with E-state index >= 15 is 0 Å². The second kappa shape index (κ2) is 7.82. The molecule has 1 unspecified atom stereocenters. The van der Waals surface area contributed by atoms with Crippen LogP contribution < -0.4 is 10.6 Å². The molecule has 1 heterocycles. The van der Waals surface area contributed by atoms with Gasteiger partial charge in [-0.25, -0.2) is 0 Å². The van der Waals surface area contributed by atoms with Gasteiger partial charge < -0.3 is 20.7 Å². The van der Waals surface area contributed by atoms with Crippen LogP contribution in [0.15, 0.2) is 30.5 Å². The number of rotatable bonds is 7. The summed E-state index contributed by atoms with van der Waals surface area (Å²) in [6, 6.07) is 6.94. The van der Waals surface area contributed by atoms with Crippen molar-refractivity contribution in [3.05, 3.63) is 36.0 Å². The lowest BCUT2D eigenvalue weighted by Crippen LogP contribution is -2.54. The maximum atomic E-state index is 12.8. The number of carboxylic acid groups (broad SMARTS) is 1. The first-order valence-electron chi connectivity index (χ1n) is 9.23. The number of benzene rings is 1. The van der Waals surface area contributed by atoms with Gasteiger partial charge in [0.05, 0.1) is 5.92 Å². The first kappa shape index (κ1) is 18.9. The van der Waals surface area contributed by atoms with Crippen molar-refractivity contribution >= 4 is 28.7 Å². The van der Waals surface area contributed by atoms with Crippen LogP contribution in [0.1, 0.15) is 32.3 Å². The number of hydrogen-bond acceptors (Lipinski definition) is 3. The molecule has 0 radical (unpaired) electrons. The Labute approximate surface area is 157 Å². The van der Waals surface area contributed by atoms with Gasteiger partial charge in [-0.1, -0.05) is 32.0 Å². The van der Waals surface area contributed by atoms with E-state index in [0.717, 1.165) is 16.5 Å². The number of fused-ring (bicyclic) bond motifs is 1. The summed E-state index contributed by atoms with van der Waals surface area (Å²) in [5, 5.41) is 15.7. The molecule has 144 valence electrons. The molecule has 0 aliphatic heterocycles. The number of para-hydroxylation sites is 1. The third-order valence-corrected chi connectivity index (χ3v) is 5.09. The first-order valence-corrected chi connectivity index (χ1v) is 9.23. The smallest absolute Gasteiger partial charge is 0.306 e. The summed E-state index contributed by atoms with van der Waals surface area (Å²) in [6.07, 6.45) is 3.08. The lowest BCUT2D eigenvalue weighted by Gasteiger charge is -2.34. The summed E-state index contributed by atoms with van der Waals surface area (Å²) >= 11 is 0. The molecule has 7 nitrogen and oxygen atoms in total. The maximum absolute atomic E-state index is 12.8. The van der Waals surface area contributed by atoms with Crippen molar-refractivity contribution < 1.29 is 19.5 Å². The van der Waals surface area contributed by atoms with Gasteiger partial charge in [-0.05, 0) is 24.5 Å². The third-order valence-electron chi connectivity index (χ3n) is 5.09. The molecule has 1 aromatic heterocycles. The molecule has 2 amide bonds. The second-order valence-corrected chi connectivity index (χ2v) is 7.49. The topological polar surface area (TPSA) is 111 Å². The average Bonchev–Trinajstić information content (AvgIpc) is 2.99. The molecule has 1 aliphatic carbocycles. The van der Waals surface area contributed by atoms with E-state index in [1.54, 1.807) is 13.8 Å². The van der Waals surface area contributed by atoms with Gasteiger partial charge in [-0.3, -0.25) is 14.4 Å². The quantitative estimate of drug-likeness (QED) is 0.595. The van der Waals surface area contributed by atoms with E-state index in [1.807, 2.05) is 30.5 Å². The van der Waals surface area contributed by atoms with Crippen LogP contribution in [-0.2, 0) is 20.8 Å². The maximum Gasteiger partial charge on any atom is 0.306 e. The molecular weight excluding hydrogens is 346 g/mol. The summed E-state index contributed by atoms with van der Waals surface area (Å²) in [5.41, 5.74) is 1.93. The Hall–Kier alpha value is -2.83. The van der Waals surface area contributed by atoms with Crippen molar-refractivity contribution in [3.8, 4) is 0 Å². The van der Waals surface area contributed by atoms with E-state index in [4.69, 9.17) is 5.11 Å². The van der Waals surface area contributed by atoms with Crippen molar-refractivity contribution in [3.63, 3.8) is 0 Å². The van der Waals surface area contributed by atoms with Crippen LogP contribution in [0, 0.1) is 11.8 Å². The lowest BCUT2D eigenvalue weighted by atomic mass is 9.80. The molecule has 0 saturated heterocycles. The molecule has 1 aromatic carbocycles. The predicted molar refractivity (Wildman–Crippen MR) is 101 cm³/mol. The van der Waals surface area contributed by atoms with Crippen molar-refractivity contribution in [1.82, 2.24) is 15.6 Å². The van der Waals surface area contributed by atoms with Crippen LogP contribution in [0.5, 0.6) is 0 Å². The fourth-order valence-electron chi connectivity index (χ4n) is 3.31. The minimum atomic E-state index is -0.830. The summed E-state index contributed by atoms with van der Waals surface area (Å²) in [4.78, 5) is 39.1. The number of nitrogens with one attached hydrogen (secondary N) is 3. The molecule has 0 spiro atoms. The Morgan fingerprint density at radius 1 is 1.19 bits per heavy atom.